The number of pyridine rings is 1. The molecule has 0 aliphatic carbocycles. The summed E-state index contributed by atoms with van der Waals surface area (Å²) in [7, 11) is 0. The van der Waals surface area contributed by atoms with Crippen LogP contribution in [0.4, 0.5) is 0 Å². The summed E-state index contributed by atoms with van der Waals surface area (Å²) in [5.41, 5.74) is 4.79. The van der Waals surface area contributed by atoms with E-state index in [-0.39, 0.29) is 0 Å². The van der Waals surface area contributed by atoms with Gasteiger partial charge in [-0.05, 0) is 6.92 Å². The third-order valence-electron chi connectivity index (χ3n) is 3.69. The van der Waals surface area contributed by atoms with Gasteiger partial charge >= 0.3 is 0 Å². The first-order chi connectivity index (χ1) is 10.7. The van der Waals surface area contributed by atoms with Gasteiger partial charge in [-0.3, -0.25) is 0 Å². The van der Waals surface area contributed by atoms with E-state index in [9.17, 15) is 5.26 Å². The van der Waals surface area contributed by atoms with Gasteiger partial charge in [-0.1, -0.05) is 11.1 Å². The summed E-state index contributed by atoms with van der Waals surface area (Å²) in [4.78, 5) is 4.15. The minimum absolute atomic E-state index is 0.628. The van der Waals surface area contributed by atoms with E-state index in [4.69, 9.17) is 0 Å². The molecule has 3 aromatic rings. The maximum absolute atomic E-state index is 9.36. The Morgan fingerprint density at radius 3 is 2.55 bits per heavy atom. The van der Waals surface area contributed by atoms with Crippen LogP contribution in [0.5, 0.6) is 0 Å². The van der Waals surface area contributed by atoms with Gasteiger partial charge in [0, 0.05) is 37.3 Å². The molecule has 0 aliphatic rings. The number of rotatable bonds is 2. The molecule has 0 spiro atoms. The minimum atomic E-state index is 0.628. The Labute approximate surface area is 129 Å². The molecule has 4 heteroatoms. The van der Waals surface area contributed by atoms with Crippen molar-refractivity contribution in [3.05, 3.63) is 78.1 Å². The lowest BCUT2D eigenvalue weighted by Crippen LogP contribution is -2.37. The summed E-state index contributed by atoms with van der Waals surface area (Å²) >= 11 is 0. The normalized spacial score (nSPS) is 10.2. The van der Waals surface area contributed by atoms with E-state index < -0.39 is 0 Å². The first-order valence-electron chi connectivity index (χ1n) is 7.05. The SMILES string of the molecule is Cc1c(-[n+]2cccnc2)cc(C#N)cc1-[n+]1ccccc1C. The Morgan fingerprint density at radius 1 is 1.05 bits per heavy atom. The Balaban J connectivity index is 2.29. The molecule has 0 bridgehead atoms. The molecule has 0 atom stereocenters. The van der Waals surface area contributed by atoms with Crippen molar-refractivity contribution in [3.63, 3.8) is 0 Å². The fourth-order valence-electron chi connectivity index (χ4n) is 2.54. The zero-order valence-corrected chi connectivity index (χ0v) is 12.6. The van der Waals surface area contributed by atoms with Crippen LogP contribution < -0.4 is 9.13 Å². The second-order valence-corrected chi connectivity index (χ2v) is 5.13. The average molecular weight is 288 g/mol. The number of benzene rings is 1. The summed E-state index contributed by atoms with van der Waals surface area (Å²) in [6, 6.07) is 14.0. The highest BCUT2D eigenvalue weighted by Gasteiger charge is 2.20. The maximum Gasteiger partial charge on any atom is 0.291 e. The molecular weight excluding hydrogens is 272 g/mol. The van der Waals surface area contributed by atoms with Crippen molar-refractivity contribution in [1.82, 2.24) is 4.98 Å². The summed E-state index contributed by atoms with van der Waals surface area (Å²) < 4.78 is 4.02. The molecule has 1 aromatic carbocycles. The molecule has 2 heterocycles. The van der Waals surface area contributed by atoms with Gasteiger partial charge in [0.1, 0.15) is 11.9 Å². The lowest BCUT2D eigenvalue weighted by molar-refractivity contribution is -0.610. The predicted molar refractivity (Wildman–Crippen MR) is 81.5 cm³/mol. The molecule has 0 fully saturated rings. The van der Waals surface area contributed by atoms with Gasteiger partial charge in [-0.25, -0.2) is 4.57 Å². The summed E-state index contributed by atoms with van der Waals surface area (Å²) in [6.45, 7) is 4.11. The number of aryl methyl sites for hydroxylation is 1. The van der Waals surface area contributed by atoms with Crippen LogP contribution in [0, 0.1) is 25.2 Å². The van der Waals surface area contributed by atoms with Crippen LogP contribution in [0.3, 0.4) is 0 Å². The first kappa shape index (κ1) is 13.9. The van der Waals surface area contributed by atoms with Gasteiger partial charge in [0.2, 0.25) is 5.69 Å². The molecule has 0 aliphatic heterocycles. The second kappa shape index (κ2) is 5.74. The molecule has 0 unspecified atom stereocenters. The highest BCUT2D eigenvalue weighted by atomic mass is 15.0. The summed E-state index contributed by atoms with van der Waals surface area (Å²) in [6.07, 6.45) is 7.42. The van der Waals surface area contributed by atoms with Crippen molar-refractivity contribution < 1.29 is 9.13 Å². The first-order valence-corrected chi connectivity index (χ1v) is 7.05. The number of hydrogen-bond acceptors (Lipinski definition) is 2. The van der Waals surface area contributed by atoms with Gasteiger partial charge < -0.3 is 0 Å². The molecule has 22 heavy (non-hydrogen) atoms. The predicted octanol–water partition coefficient (Wildman–Crippen LogP) is 2.12. The standard InChI is InChI=1S/C18H16N4/c1-14-6-3-4-9-22(14)18-11-16(12-19)10-17(15(18)2)21-8-5-7-20-13-21/h3-11,13H,1-2H3/q+2. The highest BCUT2D eigenvalue weighted by Crippen LogP contribution is 2.17. The van der Waals surface area contributed by atoms with Gasteiger partial charge in [-0.15, -0.1) is 0 Å². The van der Waals surface area contributed by atoms with Crippen LogP contribution >= 0.6 is 0 Å². The van der Waals surface area contributed by atoms with Crippen LogP contribution in [0.15, 0.2) is 61.3 Å². The van der Waals surface area contributed by atoms with Gasteiger partial charge in [0.15, 0.2) is 11.9 Å². The molecule has 4 nitrogen and oxygen atoms in total. The molecule has 0 amide bonds. The zero-order chi connectivity index (χ0) is 15.5. The van der Waals surface area contributed by atoms with E-state index in [1.165, 1.54) is 0 Å². The van der Waals surface area contributed by atoms with Crippen LogP contribution in [-0.4, -0.2) is 4.98 Å². The molecule has 0 saturated heterocycles. The molecule has 0 radical (unpaired) electrons. The van der Waals surface area contributed by atoms with Crippen molar-refractivity contribution in [1.29, 1.82) is 5.26 Å². The minimum Gasteiger partial charge on any atom is -0.202 e. The Hall–Kier alpha value is -3.06. The monoisotopic (exact) mass is 288 g/mol. The fourth-order valence-corrected chi connectivity index (χ4v) is 2.54. The molecular formula is C18H16N4+2. The van der Waals surface area contributed by atoms with Gasteiger partial charge in [0.25, 0.3) is 6.33 Å². The smallest absolute Gasteiger partial charge is 0.202 e. The second-order valence-electron chi connectivity index (χ2n) is 5.13. The third kappa shape index (κ3) is 2.45. The third-order valence-corrected chi connectivity index (χ3v) is 3.69. The Morgan fingerprint density at radius 2 is 1.86 bits per heavy atom. The van der Waals surface area contributed by atoms with E-state index in [1.54, 1.807) is 12.5 Å². The van der Waals surface area contributed by atoms with E-state index in [0.29, 0.717) is 5.56 Å². The van der Waals surface area contributed by atoms with E-state index >= 15 is 0 Å². The van der Waals surface area contributed by atoms with Crippen molar-refractivity contribution in [2.24, 2.45) is 0 Å². The lowest BCUT2D eigenvalue weighted by Gasteiger charge is -2.07. The molecule has 0 saturated carbocycles. The molecule has 3 rings (SSSR count). The Kier molecular flexibility index (Phi) is 3.63. The van der Waals surface area contributed by atoms with E-state index in [1.807, 2.05) is 47.3 Å². The number of hydrogen-bond donors (Lipinski definition) is 0. The van der Waals surface area contributed by atoms with Crippen LogP contribution in [0.2, 0.25) is 0 Å². The Bertz CT molecular complexity index is 864. The fraction of sp³-hybridized carbons (Fsp3) is 0.111. The largest absolute Gasteiger partial charge is 0.291 e. The highest BCUT2D eigenvalue weighted by molar-refractivity contribution is 5.51. The van der Waals surface area contributed by atoms with Crippen molar-refractivity contribution >= 4 is 0 Å². The zero-order valence-electron chi connectivity index (χ0n) is 12.6. The van der Waals surface area contributed by atoms with Crippen molar-refractivity contribution in [3.8, 4) is 17.4 Å². The number of nitrogens with zero attached hydrogens (tertiary/aromatic N) is 4. The molecule has 0 N–H and O–H groups in total. The quantitative estimate of drug-likeness (QED) is 0.678. The molecule has 106 valence electrons. The average Bonchev–Trinajstić information content (AvgIpc) is 2.57. The van der Waals surface area contributed by atoms with Gasteiger partial charge in [0.05, 0.1) is 23.4 Å². The van der Waals surface area contributed by atoms with Crippen LogP contribution in [0.1, 0.15) is 16.8 Å². The van der Waals surface area contributed by atoms with Crippen molar-refractivity contribution in [2.45, 2.75) is 13.8 Å². The van der Waals surface area contributed by atoms with E-state index in [0.717, 1.165) is 22.6 Å². The van der Waals surface area contributed by atoms with Gasteiger partial charge in [-0.2, -0.15) is 9.83 Å². The number of aromatic nitrogens is 3. The van der Waals surface area contributed by atoms with E-state index in [2.05, 4.69) is 35.5 Å². The topological polar surface area (TPSA) is 44.4 Å². The maximum atomic E-state index is 9.36. The number of nitriles is 1. The van der Waals surface area contributed by atoms with Crippen LogP contribution in [-0.2, 0) is 0 Å². The summed E-state index contributed by atoms with van der Waals surface area (Å²) in [5.74, 6) is 0. The van der Waals surface area contributed by atoms with Crippen LogP contribution in [0.25, 0.3) is 11.4 Å². The lowest BCUT2D eigenvalue weighted by atomic mass is 10.1. The summed E-state index contributed by atoms with van der Waals surface area (Å²) in [5, 5.41) is 9.36. The molecule has 2 aromatic heterocycles. The van der Waals surface area contributed by atoms with Crippen molar-refractivity contribution in [2.75, 3.05) is 0 Å².